The lowest BCUT2D eigenvalue weighted by molar-refractivity contribution is -0.0557. The van der Waals surface area contributed by atoms with Gasteiger partial charge in [0.15, 0.2) is 0 Å². The first-order valence-electron chi connectivity index (χ1n) is 5.31. The Hall–Kier alpha value is -0.860. The summed E-state index contributed by atoms with van der Waals surface area (Å²) in [4.78, 5) is 0. The molecule has 1 atom stereocenters. The van der Waals surface area contributed by atoms with Crippen LogP contribution < -0.4 is 5.73 Å². The Bertz CT molecular complexity index is 323. The summed E-state index contributed by atoms with van der Waals surface area (Å²) in [7, 11) is 0. The number of aryl methyl sites for hydroxylation is 1. The maximum Gasteiger partial charge on any atom is 0.107 e. The first kappa shape index (κ1) is 12.2. The Labute approximate surface area is 92.1 Å². The van der Waals surface area contributed by atoms with Crippen LogP contribution in [-0.2, 0) is 5.60 Å². The van der Waals surface area contributed by atoms with Crippen molar-refractivity contribution in [3.8, 4) is 0 Å². The maximum atomic E-state index is 10.6. The van der Waals surface area contributed by atoms with Gasteiger partial charge in [0, 0.05) is 6.54 Å². The van der Waals surface area contributed by atoms with Crippen LogP contribution in [0.1, 0.15) is 31.9 Å². The molecule has 0 radical (unpaired) electrons. The molecule has 0 aromatic heterocycles. The monoisotopic (exact) mass is 207 g/mol. The standard InChI is InChI=1S/C13H21NO/c1-10-5-7-11(8-6-10)13(15,9-14)12(2,3)4/h5-8,15H,9,14H2,1-4H3. The summed E-state index contributed by atoms with van der Waals surface area (Å²) in [5, 5.41) is 10.6. The van der Waals surface area contributed by atoms with Crippen molar-refractivity contribution < 1.29 is 5.11 Å². The van der Waals surface area contributed by atoms with Gasteiger partial charge < -0.3 is 10.8 Å². The fourth-order valence-electron chi connectivity index (χ4n) is 1.69. The van der Waals surface area contributed by atoms with Crippen LogP contribution in [0.3, 0.4) is 0 Å². The average Bonchev–Trinajstić information content (AvgIpc) is 2.16. The van der Waals surface area contributed by atoms with Gasteiger partial charge in [-0.3, -0.25) is 0 Å². The summed E-state index contributed by atoms with van der Waals surface area (Å²) in [6, 6.07) is 7.91. The zero-order chi connectivity index (χ0) is 11.7. The van der Waals surface area contributed by atoms with E-state index < -0.39 is 5.60 Å². The fraction of sp³-hybridized carbons (Fsp3) is 0.538. The number of hydrogen-bond acceptors (Lipinski definition) is 2. The predicted octanol–water partition coefficient (Wildman–Crippen LogP) is 2.19. The molecule has 1 aromatic rings. The molecule has 0 aliphatic rings. The van der Waals surface area contributed by atoms with Gasteiger partial charge in [-0.15, -0.1) is 0 Å². The van der Waals surface area contributed by atoms with E-state index in [1.54, 1.807) is 0 Å². The number of nitrogens with two attached hydrogens (primary N) is 1. The highest BCUT2D eigenvalue weighted by atomic mass is 16.3. The summed E-state index contributed by atoms with van der Waals surface area (Å²) < 4.78 is 0. The van der Waals surface area contributed by atoms with E-state index in [1.165, 1.54) is 5.56 Å². The molecule has 2 heteroatoms. The Balaban J connectivity index is 3.18. The Morgan fingerprint density at radius 3 is 1.93 bits per heavy atom. The van der Waals surface area contributed by atoms with E-state index in [9.17, 15) is 5.11 Å². The lowest BCUT2D eigenvalue weighted by Crippen LogP contribution is -2.46. The van der Waals surface area contributed by atoms with Crippen molar-refractivity contribution in [3.05, 3.63) is 35.4 Å². The molecule has 0 heterocycles. The van der Waals surface area contributed by atoms with Gasteiger partial charge >= 0.3 is 0 Å². The average molecular weight is 207 g/mol. The molecule has 1 rings (SSSR count). The first-order chi connectivity index (χ1) is 6.81. The summed E-state index contributed by atoms with van der Waals surface area (Å²) in [5.41, 5.74) is 6.57. The molecule has 0 saturated carbocycles. The zero-order valence-electron chi connectivity index (χ0n) is 10.0. The molecule has 0 amide bonds. The van der Waals surface area contributed by atoms with Crippen molar-refractivity contribution in [3.63, 3.8) is 0 Å². The van der Waals surface area contributed by atoms with Crippen LogP contribution in [0.25, 0.3) is 0 Å². The van der Waals surface area contributed by atoms with Crippen LogP contribution in [0.5, 0.6) is 0 Å². The number of aliphatic hydroxyl groups is 1. The lowest BCUT2D eigenvalue weighted by atomic mass is 9.72. The SMILES string of the molecule is Cc1ccc(C(O)(CN)C(C)(C)C)cc1. The molecule has 2 nitrogen and oxygen atoms in total. The van der Waals surface area contributed by atoms with Gasteiger partial charge in [0.1, 0.15) is 5.60 Å². The third kappa shape index (κ3) is 2.21. The highest BCUT2D eigenvalue weighted by Gasteiger charge is 2.40. The molecule has 84 valence electrons. The van der Waals surface area contributed by atoms with E-state index in [-0.39, 0.29) is 12.0 Å². The van der Waals surface area contributed by atoms with Crippen molar-refractivity contribution in [2.75, 3.05) is 6.54 Å². The van der Waals surface area contributed by atoms with Crippen LogP contribution in [0.2, 0.25) is 0 Å². The first-order valence-corrected chi connectivity index (χ1v) is 5.31. The second kappa shape index (κ2) is 3.95. The van der Waals surface area contributed by atoms with Gasteiger partial charge in [0.2, 0.25) is 0 Å². The molecule has 1 aromatic carbocycles. The Morgan fingerprint density at radius 1 is 1.13 bits per heavy atom. The third-order valence-corrected chi connectivity index (χ3v) is 3.07. The number of benzene rings is 1. The van der Waals surface area contributed by atoms with Crippen LogP contribution in [0, 0.1) is 12.3 Å². The molecule has 0 saturated heterocycles. The van der Waals surface area contributed by atoms with E-state index in [4.69, 9.17) is 5.73 Å². The van der Waals surface area contributed by atoms with Gasteiger partial charge in [0.05, 0.1) is 0 Å². The summed E-state index contributed by atoms with van der Waals surface area (Å²) >= 11 is 0. The van der Waals surface area contributed by atoms with Crippen LogP contribution >= 0.6 is 0 Å². The topological polar surface area (TPSA) is 46.2 Å². The Morgan fingerprint density at radius 2 is 1.60 bits per heavy atom. The summed E-state index contributed by atoms with van der Waals surface area (Å²) in [6.07, 6.45) is 0. The van der Waals surface area contributed by atoms with E-state index in [2.05, 4.69) is 0 Å². The van der Waals surface area contributed by atoms with E-state index in [0.29, 0.717) is 0 Å². The molecule has 0 aliphatic heterocycles. The normalized spacial score (nSPS) is 16.1. The second-order valence-electron chi connectivity index (χ2n) is 5.18. The van der Waals surface area contributed by atoms with E-state index in [1.807, 2.05) is 52.0 Å². The van der Waals surface area contributed by atoms with Crippen molar-refractivity contribution >= 4 is 0 Å². The highest BCUT2D eigenvalue weighted by molar-refractivity contribution is 5.28. The zero-order valence-corrected chi connectivity index (χ0v) is 10.0. The van der Waals surface area contributed by atoms with Gasteiger partial charge in [-0.05, 0) is 17.9 Å². The Kier molecular flexibility index (Phi) is 3.22. The van der Waals surface area contributed by atoms with Gasteiger partial charge in [-0.2, -0.15) is 0 Å². The van der Waals surface area contributed by atoms with Crippen molar-refractivity contribution in [1.82, 2.24) is 0 Å². The lowest BCUT2D eigenvalue weighted by Gasteiger charge is -2.40. The molecular formula is C13H21NO. The minimum absolute atomic E-state index is 0.236. The fourth-order valence-corrected chi connectivity index (χ4v) is 1.69. The van der Waals surface area contributed by atoms with Crippen molar-refractivity contribution in [1.29, 1.82) is 0 Å². The van der Waals surface area contributed by atoms with Crippen LogP contribution in [-0.4, -0.2) is 11.7 Å². The molecule has 0 fully saturated rings. The predicted molar refractivity (Wildman–Crippen MR) is 63.6 cm³/mol. The van der Waals surface area contributed by atoms with Gasteiger partial charge in [-0.1, -0.05) is 50.6 Å². The smallest absolute Gasteiger partial charge is 0.107 e. The van der Waals surface area contributed by atoms with Crippen LogP contribution in [0.4, 0.5) is 0 Å². The van der Waals surface area contributed by atoms with Crippen LogP contribution in [0.15, 0.2) is 24.3 Å². The minimum atomic E-state index is -0.958. The maximum absolute atomic E-state index is 10.6. The number of rotatable bonds is 2. The highest BCUT2D eigenvalue weighted by Crippen LogP contribution is 2.38. The molecular weight excluding hydrogens is 186 g/mol. The molecule has 0 aliphatic carbocycles. The van der Waals surface area contributed by atoms with Crippen molar-refractivity contribution in [2.45, 2.75) is 33.3 Å². The largest absolute Gasteiger partial charge is 0.383 e. The minimum Gasteiger partial charge on any atom is -0.383 e. The van der Waals surface area contributed by atoms with Crippen molar-refractivity contribution in [2.24, 2.45) is 11.1 Å². The molecule has 0 spiro atoms. The second-order valence-corrected chi connectivity index (χ2v) is 5.18. The molecule has 1 unspecified atom stereocenters. The number of hydrogen-bond donors (Lipinski definition) is 2. The van der Waals surface area contributed by atoms with Gasteiger partial charge in [0.25, 0.3) is 0 Å². The quantitative estimate of drug-likeness (QED) is 0.781. The summed E-state index contributed by atoms with van der Waals surface area (Å²) in [6.45, 7) is 8.26. The molecule has 15 heavy (non-hydrogen) atoms. The summed E-state index contributed by atoms with van der Waals surface area (Å²) in [5.74, 6) is 0. The third-order valence-electron chi connectivity index (χ3n) is 3.07. The van der Waals surface area contributed by atoms with E-state index in [0.717, 1.165) is 5.56 Å². The molecule has 3 N–H and O–H groups in total. The van der Waals surface area contributed by atoms with Gasteiger partial charge in [-0.25, -0.2) is 0 Å². The van der Waals surface area contributed by atoms with E-state index >= 15 is 0 Å². The molecule has 0 bridgehead atoms.